The van der Waals surface area contributed by atoms with Crippen LogP contribution in [0.4, 0.5) is 17.1 Å². The van der Waals surface area contributed by atoms with E-state index < -0.39 is 0 Å². The molecule has 230 valence electrons. The fourth-order valence-corrected chi connectivity index (χ4v) is 8.20. The van der Waals surface area contributed by atoms with Crippen molar-refractivity contribution < 1.29 is 0 Å². The zero-order valence-electron chi connectivity index (χ0n) is 27.4. The van der Waals surface area contributed by atoms with Gasteiger partial charge >= 0.3 is 0 Å². The number of nitrogens with zero attached hydrogens (tertiary/aromatic N) is 1. The second kappa shape index (κ2) is 11.2. The monoisotopic (exact) mass is 615 g/mol. The van der Waals surface area contributed by atoms with Gasteiger partial charge in [-0.2, -0.15) is 0 Å². The minimum absolute atomic E-state index is 0.0681. The van der Waals surface area contributed by atoms with Crippen LogP contribution >= 0.6 is 0 Å². The molecule has 7 aromatic rings. The van der Waals surface area contributed by atoms with E-state index in [1.807, 2.05) is 0 Å². The molecule has 0 unspecified atom stereocenters. The number of fused-ring (bicyclic) bond motifs is 5. The van der Waals surface area contributed by atoms with Crippen LogP contribution < -0.4 is 4.90 Å². The molecule has 0 heterocycles. The van der Waals surface area contributed by atoms with E-state index in [0.717, 1.165) is 12.8 Å². The van der Waals surface area contributed by atoms with Gasteiger partial charge in [-0.15, -0.1) is 0 Å². The third kappa shape index (κ3) is 4.46. The summed E-state index contributed by atoms with van der Waals surface area (Å²) >= 11 is 0. The van der Waals surface area contributed by atoms with E-state index in [0.29, 0.717) is 0 Å². The molecule has 0 aromatic heterocycles. The van der Waals surface area contributed by atoms with Gasteiger partial charge in [-0.3, -0.25) is 0 Å². The van der Waals surface area contributed by atoms with Crippen molar-refractivity contribution in [1.82, 2.24) is 0 Å². The fourth-order valence-electron chi connectivity index (χ4n) is 8.20. The molecule has 2 aliphatic carbocycles. The SMILES string of the molecule is CC1(C)c2ccccc2-c2c(-c3ccccc3N(c3ccc4c(c3)CCC=C4)c3ccc4ccccc4c3-c3ccccc3)cccc21. The van der Waals surface area contributed by atoms with Gasteiger partial charge in [0, 0.05) is 22.2 Å². The van der Waals surface area contributed by atoms with E-state index in [9.17, 15) is 0 Å². The molecule has 2 aliphatic rings. The van der Waals surface area contributed by atoms with Crippen molar-refractivity contribution in [3.63, 3.8) is 0 Å². The van der Waals surface area contributed by atoms with Crippen molar-refractivity contribution in [3.05, 3.63) is 180 Å². The molecule has 0 amide bonds. The third-order valence-electron chi connectivity index (χ3n) is 10.5. The van der Waals surface area contributed by atoms with E-state index in [1.165, 1.54) is 83.5 Å². The molecule has 48 heavy (non-hydrogen) atoms. The standard InChI is InChI=1S/C47H37N/c1-47(2)41-24-12-10-22-40(41)46-39(23-14-25-42(46)47)38-21-11-13-26-43(38)48(36-29-27-32-15-6-7-19-35(32)31-36)44-30-28-33-16-8-9-20-37(33)45(44)34-17-4-3-5-18-34/h3-6,8-18,20-31H,7,19H2,1-2H3. The molecule has 0 fully saturated rings. The van der Waals surface area contributed by atoms with Gasteiger partial charge < -0.3 is 4.90 Å². The zero-order chi connectivity index (χ0) is 32.2. The highest BCUT2D eigenvalue weighted by atomic mass is 15.1. The van der Waals surface area contributed by atoms with Gasteiger partial charge in [0.25, 0.3) is 0 Å². The van der Waals surface area contributed by atoms with Crippen molar-refractivity contribution in [2.75, 3.05) is 4.90 Å². The maximum absolute atomic E-state index is 2.52. The molecular formula is C47H37N. The van der Waals surface area contributed by atoms with Crippen LogP contribution in [0.1, 0.15) is 42.5 Å². The molecule has 0 aliphatic heterocycles. The molecule has 0 spiro atoms. The van der Waals surface area contributed by atoms with Gasteiger partial charge in [0.05, 0.1) is 11.4 Å². The van der Waals surface area contributed by atoms with Crippen LogP contribution in [0.2, 0.25) is 0 Å². The maximum atomic E-state index is 2.52. The summed E-state index contributed by atoms with van der Waals surface area (Å²) in [5.41, 5.74) is 16.6. The summed E-state index contributed by atoms with van der Waals surface area (Å²) in [7, 11) is 0. The second-order valence-electron chi connectivity index (χ2n) is 13.6. The van der Waals surface area contributed by atoms with Crippen LogP contribution in [-0.2, 0) is 11.8 Å². The summed E-state index contributed by atoms with van der Waals surface area (Å²) in [6.07, 6.45) is 6.69. The molecule has 0 atom stereocenters. The molecular weight excluding hydrogens is 579 g/mol. The lowest BCUT2D eigenvalue weighted by Gasteiger charge is -2.32. The first-order chi connectivity index (χ1) is 23.6. The smallest absolute Gasteiger partial charge is 0.0546 e. The number of para-hydroxylation sites is 1. The van der Waals surface area contributed by atoms with Gasteiger partial charge in [-0.25, -0.2) is 0 Å². The number of hydrogen-bond donors (Lipinski definition) is 0. The van der Waals surface area contributed by atoms with Gasteiger partial charge in [-0.1, -0.05) is 153 Å². The Morgan fingerprint density at radius 2 is 1.27 bits per heavy atom. The lowest BCUT2D eigenvalue weighted by Crippen LogP contribution is -2.15. The first kappa shape index (κ1) is 28.6. The van der Waals surface area contributed by atoms with Gasteiger partial charge in [-0.05, 0) is 92.4 Å². The number of anilines is 3. The quantitative estimate of drug-likeness (QED) is 0.186. The predicted octanol–water partition coefficient (Wildman–Crippen LogP) is 12.9. The summed E-state index contributed by atoms with van der Waals surface area (Å²) in [6.45, 7) is 4.73. The van der Waals surface area contributed by atoms with Crippen LogP contribution in [-0.4, -0.2) is 0 Å². The minimum Gasteiger partial charge on any atom is -0.309 e. The Labute approximate surface area is 283 Å². The largest absolute Gasteiger partial charge is 0.309 e. The summed E-state index contributed by atoms with van der Waals surface area (Å²) < 4.78 is 0. The molecule has 0 N–H and O–H groups in total. The van der Waals surface area contributed by atoms with Crippen molar-refractivity contribution >= 4 is 33.9 Å². The van der Waals surface area contributed by atoms with Crippen LogP contribution in [0.25, 0.3) is 50.2 Å². The van der Waals surface area contributed by atoms with Gasteiger partial charge in [0.1, 0.15) is 0 Å². The predicted molar refractivity (Wildman–Crippen MR) is 204 cm³/mol. The Morgan fingerprint density at radius 3 is 2.17 bits per heavy atom. The average Bonchev–Trinajstić information content (AvgIpc) is 3.38. The minimum atomic E-state index is -0.0681. The van der Waals surface area contributed by atoms with Crippen molar-refractivity contribution in [3.8, 4) is 33.4 Å². The molecule has 9 rings (SSSR count). The van der Waals surface area contributed by atoms with Crippen LogP contribution in [0.3, 0.4) is 0 Å². The number of aryl methyl sites for hydroxylation is 1. The second-order valence-corrected chi connectivity index (χ2v) is 13.6. The molecule has 0 saturated carbocycles. The zero-order valence-corrected chi connectivity index (χ0v) is 27.4. The Morgan fingerprint density at radius 1 is 0.542 bits per heavy atom. The summed E-state index contributed by atoms with van der Waals surface area (Å²) in [5.74, 6) is 0. The van der Waals surface area contributed by atoms with E-state index in [1.54, 1.807) is 0 Å². The molecule has 0 bridgehead atoms. The lowest BCUT2D eigenvalue weighted by atomic mass is 9.82. The average molecular weight is 616 g/mol. The van der Waals surface area contributed by atoms with E-state index in [4.69, 9.17) is 0 Å². The van der Waals surface area contributed by atoms with Crippen molar-refractivity contribution in [2.45, 2.75) is 32.1 Å². The normalized spacial score (nSPS) is 14.0. The van der Waals surface area contributed by atoms with Gasteiger partial charge in [0.15, 0.2) is 0 Å². The first-order valence-electron chi connectivity index (χ1n) is 17.1. The highest BCUT2D eigenvalue weighted by Crippen LogP contribution is 2.54. The maximum Gasteiger partial charge on any atom is 0.0546 e. The Kier molecular flexibility index (Phi) is 6.69. The number of benzene rings is 7. The molecule has 7 aromatic carbocycles. The van der Waals surface area contributed by atoms with Crippen LogP contribution in [0, 0.1) is 0 Å². The van der Waals surface area contributed by atoms with Crippen LogP contribution in [0.15, 0.2) is 158 Å². The highest BCUT2D eigenvalue weighted by Gasteiger charge is 2.37. The van der Waals surface area contributed by atoms with Crippen molar-refractivity contribution in [2.24, 2.45) is 0 Å². The summed E-state index contributed by atoms with van der Waals surface area (Å²) in [5, 5.41) is 2.49. The third-order valence-corrected chi connectivity index (χ3v) is 10.5. The molecule has 1 heteroatoms. The Balaban J connectivity index is 1.36. The molecule has 0 saturated heterocycles. The fraction of sp³-hybridized carbons (Fsp3) is 0.106. The molecule has 1 nitrogen and oxygen atoms in total. The van der Waals surface area contributed by atoms with Crippen molar-refractivity contribution in [1.29, 1.82) is 0 Å². The Hall–Kier alpha value is -5.66. The lowest BCUT2D eigenvalue weighted by molar-refractivity contribution is 0.660. The van der Waals surface area contributed by atoms with E-state index in [-0.39, 0.29) is 5.41 Å². The number of allylic oxidation sites excluding steroid dienone is 1. The summed E-state index contributed by atoms with van der Waals surface area (Å²) in [4.78, 5) is 2.52. The van der Waals surface area contributed by atoms with E-state index >= 15 is 0 Å². The first-order valence-corrected chi connectivity index (χ1v) is 17.1. The highest BCUT2D eigenvalue weighted by molar-refractivity contribution is 6.07. The van der Waals surface area contributed by atoms with E-state index in [2.05, 4.69) is 183 Å². The Bertz CT molecular complexity index is 2380. The van der Waals surface area contributed by atoms with Gasteiger partial charge in [0.2, 0.25) is 0 Å². The topological polar surface area (TPSA) is 3.24 Å². The number of rotatable bonds is 5. The number of hydrogen-bond acceptors (Lipinski definition) is 1. The molecule has 0 radical (unpaired) electrons. The van der Waals surface area contributed by atoms with Crippen LogP contribution in [0.5, 0.6) is 0 Å². The summed E-state index contributed by atoms with van der Waals surface area (Å²) in [6, 6.07) is 56.2.